The standard InChI is InChI=1S/C11H13BrO2/c1-3-8-10(13)9-7(12)5-4-6(2)11(9)14-8/h4-5,8,10,13H,3H2,1-2H3. The third kappa shape index (κ3) is 1.35. The van der Waals surface area contributed by atoms with Crippen LogP contribution in [-0.4, -0.2) is 11.2 Å². The van der Waals surface area contributed by atoms with Crippen LogP contribution in [0.1, 0.15) is 30.6 Å². The van der Waals surface area contributed by atoms with E-state index in [0.29, 0.717) is 0 Å². The molecular weight excluding hydrogens is 244 g/mol. The first-order chi connectivity index (χ1) is 6.65. The Balaban J connectivity index is 2.52. The molecule has 76 valence electrons. The lowest BCUT2D eigenvalue weighted by Crippen LogP contribution is -2.16. The molecule has 2 rings (SSSR count). The maximum absolute atomic E-state index is 9.99. The maximum Gasteiger partial charge on any atom is 0.129 e. The van der Waals surface area contributed by atoms with Crippen LogP contribution >= 0.6 is 15.9 Å². The smallest absolute Gasteiger partial charge is 0.129 e. The van der Waals surface area contributed by atoms with Crippen LogP contribution in [0.2, 0.25) is 0 Å². The van der Waals surface area contributed by atoms with Gasteiger partial charge in [0.1, 0.15) is 18.0 Å². The largest absolute Gasteiger partial charge is 0.487 e. The number of halogens is 1. The van der Waals surface area contributed by atoms with Gasteiger partial charge in [-0.15, -0.1) is 0 Å². The summed E-state index contributed by atoms with van der Waals surface area (Å²) in [7, 11) is 0. The Kier molecular flexibility index (Phi) is 2.54. The second-order valence-corrected chi connectivity index (χ2v) is 4.47. The first kappa shape index (κ1) is 9.99. The molecule has 1 aliphatic rings. The predicted molar refractivity (Wildman–Crippen MR) is 58.5 cm³/mol. The number of ether oxygens (including phenoxy) is 1. The minimum absolute atomic E-state index is 0.0950. The van der Waals surface area contributed by atoms with Crippen LogP contribution in [0.15, 0.2) is 16.6 Å². The summed E-state index contributed by atoms with van der Waals surface area (Å²) in [6, 6.07) is 3.95. The van der Waals surface area contributed by atoms with E-state index in [1.54, 1.807) is 0 Å². The zero-order valence-electron chi connectivity index (χ0n) is 8.25. The monoisotopic (exact) mass is 256 g/mol. The molecule has 0 amide bonds. The van der Waals surface area contributed by atoms with Gasteiger partial charge in [0.2, 0.25) is 0 Å². The lowest BCUT2D eigenvalue weighted by Gasteiger charge is -2.11. The van der Waals surface area contributed by atoms with Gasteiger partial charge in [-0.2, -0.15) is 0 Å². The van der Waals surface area contributed by atoms with Gasteiger partial charge in [0, 0.05) is 10.0 Å². The fourth-order valence-electron chi connectivity index (χ4n) is 1.82. The zero-order valence-corrected chi connectivity index (χ0v) is 9.84. The average molecular weight is 257 g/mol. The van der Waals surface area contributed by atoms with E-state index in [1.165, 1.54) is 0 Å². The highest BCUT2D eigenvalue weighted by molar-refractivity contribution is 9.10. The van der Waals surface area contributed by atoms with Crippen molar-refractivity contribution >= 4 is 15.9 Å². The predicted octanol–water partition coefficient (Wildman–Crippen LogP) is 2.96. The van der Waals surface area contributed by atoms with Crippen LogP contribution in [0.3, 0.4) is 0 Å². The van der Waals surface area contributed by atoms with Crippen molar-refractivity contribution in [3.8, 4) is 5.75 Å². The third-order valence-electron chi connectivity index (χ3n) is 2.66. The number of benzene rings is 1. The van der Waals surface area contributed by atoms with Crippen molar-refractivity contribution in [3.63, 3.8) is 0 Å². The number of rotatable bonds is 1. The summed E-state index contributed by atoms with van der Waals surface area (Å²) in [6.07, 6.45) is 0.230. The number of aliphatic hydroxyl groups is 1. The molecule has 1 aromatic rings. The van der Waals surface area contributed by atoms with Gasteiger partial charge in [0.25, 0.3) is 0 Å². The minimum Gasteiger partial charge on any atom is -0.487 e. The number of aryl methyl sites for hydroxylation is 1. The summed E-state index contributed by atoms with van der Waals surface area (Å²) < 4.78 is 6.63. The topological polar surface area (TPSA) is 29.5 Å². The van der Waals surface area contributed by atoms with Crippen molar-refractivity contribution in [1.82, 2.24) is 0 Å². The van der Waals surface area contributed by atoms with Gasteiger partial charge >= 0.3 is 0 Å². The molecule has 2 nitrogen and oxygen atoms in total. The van der Waals surface area contributed by atoms with Gasteiger partial charge in [0.05, 0.1) is 0 Å². The van der Waals surface area contributed by atoms with Crippen molar-refractivity contribution in [2.24, 2.45) is 0 Å². The average Bonchev–Trinajstić information content (AvgIpc) is 2.51. The molecule has 0 aliphatic carbocycles. The molecule has 3 heteroatoms. The Labute approximate surface area is 92.0 Å². The van der Waals surface area contributed by atoms with Gasteiger partial charge in [-0.3, -0.25) is 0 Å². The van der Waals surface area contributed by atoms with Crippen LogP contribution in [0.4, 0.5) is 0 Å². The fourth-order valence-corrected chi connectivity index (χ4v) is 2.37. The van der Waals surface area contributed by atoms with Gasteiger partial charge in [-0.1, -0.05) is 28.9 Å². The van der Waals surface area contributed by atoms with E-state index in [0.717, 1.165) is 27.8 Å². The quantitative estimate of drug-likeness (QED) is 0.838. The highest BCUT2D eigenvalue weighted by Gasteiger charge is 2.34. The van der Waals surface area contributed by atoms with Crippen molar-refractivity contribution in [2.45, 2.75) is 32.5 Å². The Morgan fingerprint density at radius 3 is 2.79 bits per heavy atom. The molecule has 0 aromatic heterocycles. The van der Waals surface area contributed by atoms with E-state index >= 15 is 0 Å². The summed E-state index contributed by atoms with van der Waals surface area (Å²) in [5.74, 6) is 0.846. The van der Waals surface area contributed by atoms with Crippen molar-refractivity contribution < 1.29 is 9.84 Å². The minimum atomic E-state index is -0.496. The lowest BCUT2D eigenvalue weighted by atomic mass is 10.0. The van der Waals surface area contributed by atoms with Gasteiger partial charge in [-0.05, 0) is 25.0 Å². The number of fused-ring (bicyclic) bond motifs is 1. The van der Waals surface area contributed by atoms with Gasteiger partial charge < -0.3 is 9.84 Å². The second kappa shape index (κ2) is 3.55. The van der Waals surface area contributed by atoms with Crippen molar-refractivity contribution in [1.29, 1.82) is 0 Å². The molecule has 14 heavy (non-hydrogen) atoms. The van der Waals surface area contributed by atoms with Crippen LogP contribution in [0.5, 0.6) is 5.75 Å². The van der Waals surface area contributed by atoms with E-state index in [1.807, 2.05) is 26.0 Å². The first-order valence-corrected chi connectivity index (χ1v) is 5.58. The molecule has 0 radical (unpaired) electrons. The molecule has 1 heterocycles. The Hall–Kier alpha value is -0.540. The summed E-state index contributed by atoms with van der Waals surface area (Å²) in [4.78, 5) is 0. The van der Waals surface area contributed by atoms with Crippen LogP contribution < -0.4 is 4.74 Å². The molecule has 2 unspecified atom stereocenters. The van der Waals surface area contributed by atoms with Gasteiger partial charge in [-0.25, -0.2) is 0 Å². The Morgan fingerprint density at radius 2 is 2.21 bits per heavy atom. The number of aliphatic hydroxyl groups excluding tert-OH is 1. The van der Waals surface area contributed by atoms with Crippen molar-refractivity contribution in [2.75, 3.05) is 0 Å². The molecule has 0 spiro atoms. The number of hydrogen-bond donors (Lipinski definition) is 1. The normalized spacial score (nSPS) is 24.6. The summed E-state index contributed by atoms with van der Waals surface area (Å²) in [5.41, 5.74) is 1.98. The Morgan fingerprint density at radius 1 is 1.50 bits per heavy atom. The van der Waals surface area contributed by atoms with Crippen LogP contribution in [-0.2, 0) is 0 Å². The first-order valence-electron chi connectivity index (χ1n) is 4.79. The maximum atomic E-state index is 9.99. The summed E-state index contributed by atoms with van der Waals surface area (Å²) >= 11 is 3.44. The van der Waals surface area contributed by atoms with Crippen LogP contribution in [0.25, 0.3) is 0 Å². The molecule has 1 N–H and O–H groups in total. The van der Waals surface area contributed by atoms with Crippen LogP contribution in [0, 0.1) is 6.92 Å². The summed E-state index contributed by atoms with van der Waals surface area (Å²) in [6.45, 7) is 4.01. The SMILES string of the molecule is CCC1Oc2c(C)ccc(Br)c2C1O. The van der Waals surface area contributed by atoms with E-state index in [2.05, 4.69) is 15.9 Å². The second-order valence-electron chi connectivity index (χ2n) is 3.62. The molecule has 0 fully saturated rings. The molecule has 0 bridgehead atoms. The molecule has 1 aliphatic heterocycles. The highest BCUT2D eigenvalue weighted by atomic mass is 79.9. The van der Waals surface area contributed by atoms with E-state index in [9.17, 15) is 5.11 Å². The molecule has 0 saturated carbocycles. The molecule has 1 aromatic carbocycles. The lowest BCUT2D eigenvalue weighted by molar-refractivity contribution is 0.0649. The summed E-state index contributed by atoms with van der Waals surface area (Å²) in [5, 5.41) is 9.99. The van der Waals surface area contributed by atoms with E-state index in [4.69, 9.17) is 4.74 Å². The van der Waals surface area contributed by atoms with E-state index < -0.39 is 6.10 Å². The highest BCUT2D eigenvalue weighted by Crippen LogP contribution is 2.43. The molecule has 0 saturated heterocycles. The molecule has 2 atom stereocenters. The van der Waals surface area contributed by atoms with Gasteiger partial charge in [0.15, 0.2) is 0 Å². The third-order valence-corrected chi connectivity index (χ3v) is 3.35. The Bertz CT molecular complexity index is 363. The van der Waals surface area contributed by atoms with E-state index in [-0.39, 0.29) is 6.10 Å². The molecular formula is C11H13BrO2. The number of hydrogen-bond acceptors (Lipinski definition) is 2. The zero-order chi connectivity index (χ0) is 10.3. The fraction of sp³-hybridized carbons (Fsp3) is 0.455. The van der Waals surface area contributed by atoms with Crippen molar-refractivity contribution in [3.05, 3.63) is 27.7 Å².